The van der Waals surface area contributed by atoms with Gasteiger partial charge in [-0.15, -0.1) is 0 Å². The Morgan fingerprint density at radius 1 is 1.18 bits per heavy atom. The first-order valence-electron chi connectivity index (χ1n) is 10.9. The number of carbonyl (C=O) groups is 2. The Morgan fingerprint density at radius 3 is 2.39 bits per heavy atom. The van der Waals surface area contributed by atoms with Crippen molar-refractivity contribution in [2.75, 3.05) is 5.32 Å². The van der Waals surface area contributed by atoms with Crippen LogP contribution in [0.15, 0.2) is 23.1 Å². The second-order valence-corrected chi connectivity index (χ2v) is 9.57. The van der Waals surface area contributed by atoms with E-state index in [-0.39, 0.29) is 45.6 Å². The van der Waals surface area contributed by atoms with E-state index in [0.29, 0.717) is 25.1 Å². The molecule has 0 fully saturated rings. The van der Waals surface area contributed by atoms with Crippen LogP contribution in [0.25, 0.3) is 0 Å². The van der Waals surface area contributed by atoms with Gasteiger partial charge in [-0.3, -0.25) is 4.79 Å². The average Bonchev–Trinajstić information content (AvgIpc) is 3.09. The molecule has 2 atom stereocenters. The van der Waals surface area contributed by atoms with E-state index >= 15 is 0 Å². The molecule has 3 N–H and O–H groups in total. The minimum Gasteiger partial charge on any atom is -0.476 e. The summed E-state index contributed by atoms with van der Waals surface area (Å²) in [5, 5.41) is 16.2. The summed E-state index contributed by atoms with van der Waals surface area (Å²) < 4.78 is 36.2. The Labute approximate surface area is 194 Å². The van der Waals surface area contributed by atoms with Gasteiger partial charge >= 0.3 is 5.97 Å². The number of amides is 1. The number of nitrogens with one attached hydrogen (secondary N) is 2. The number of benzene rings is 1. The number of rotatable bonds is 11. The van der Waals surface area contributed by atoms with Gasteiger partial charge in [0.05, 0.1) is 0 Å². The minimum absolute atomic E-state index is 0.0121. The summed E-state index contributed by atoms with van der Waals surface area (Å²) in [6.45, 7) is 10.9. The fourth-order valence-electron chi connectivity index (χ4n) is 2.93. The number of nitrogens with zero attached hydrogens (tertiary/aromatic N) is 2. The van der Waals surface area contributed by atoms with Gasteiger partial charge in [0.2, 0.25) is 21.8 Å². The van der Waals surface area contributed by atoms with Crippen molar-refractivity contribution in [1.82, 2.24) is 14.5 Å². The number of anilines is 1. The summed E-state index contributed by atoms with van der Waals surface area (Å²) in [5.74, 6) is -1.56. The average molecular weight is 481 g/mol. The summed E-state index contributed by atoms with van der Waals surface area (Å²) in [6, 6.07) is 3.98. The van der Waals surface area contributed by atoms with E-state index in [1.54, 1.807) is 27.7 Å². The maximum Gasteiger partial charge on any atom is 0.356 e. The molecule has 1 amide bonds. The van der Waals surface area contributed by atoms with Gasteiger partial charge in [0.25, 0.3) is 0 Å². The molecule has 0 unspecified atom stereocenters. The van der Waals surface area contributed by atoms with E-state index < -0.39 is 16.0 Å². The van der Waals surface area contributed by atoms with Gasteiger partial charge in [-0.05, 0) is 51.8 Å². The molecule has 1 aromatic heterocycles. The third-order valence-corrected chi connectivity index (χ3v) is 6.98. The molecule has 0 radical (unpaired) electrons. The van der Waals surface area contributed by atoms with Gasteiger partial charge in [-0.1, -0.05) is 20.8 Å². The van der Waals surface area contributed by atoms with E-state index in [1.807, 2.05) is 13.8 Å². The third kappa shape index (κ3) is 6.11. The number of aromatic nitrogens is 2. The second-order valence-electron chi connectivity index (χ2n) is 7.89. The van der Waals surface area contributed by atoms with Gasteiger partial charge in [-0.25, -0.2) is 22.6 Å². The van der Waals surface area contributed by atoms with Crippen molar-refractivity contribution in [2.24, 2.45) is 5.92 Å². The van der Waals surface area contributed by atoms with Crippen molar-refractivity contribution >= 4 is 27.6 Å². The number of hydrogen-bond acceptors (Lipinski definition) is 6. The lowest BCUT2D eigenvalue weighted by molar-refractivity contribution is -0.119. The third-order valence-electron chi connectivity index (χ3n) is 5.37. The zero-order valence-corrected chi connectivity index (χ0v) is 20.6. The zero-order chi connectivity index (χ0) is 24.9. The molecule has 0 saturated heterocycles. The molecule has 0 aliphatic carbocycles. The molecule has 11 heteroatoms. The molecule has 33 heavy (non-hydrogen) atoms. The van der Waals surface area contributed by atoms with Gasteiger partial charge in [0.15, 0.2) is 5.69 Å². The maximum absolute atomic E-state index is 13.2. The van der Waals surface area contributed by atoms with Crippen LogP contribution in [0.3, 0.4) is 0 Å². The minimum atomic E-state index is -4.02. The summed E-state index contributed by atoms with van der Waals surface area (Å²) in [4.78, 5) is 23.6. The quantitative estimate of drug-likeness (QED) is 0.445. The summed E-state index contributed by atoms with van der Waals surface area (Å²) in [7, 11) is -4.02. The Balaban J connectivity index is 2.58. The number of ether oxygens (including phenoxy) is 1. The molecule has 0 aliphatic rings. The molecule has 2 rings (SSSR count). The van der Waals surface area contributed by atoms with Crippen LogP contribution in [0.2, 0.25) is 0 Å². The van der Waals surface area contributed by atoms with Crippen LogP contribution in [0.4, 0.5) is 5.69 Å². The van der Waals surface area contributed by atoms with Crippen LogP contribution >= 0.6 is 0 Å². The largest absolute Gasteiger partial charge is 0.476 e. The van der Waals surface area contributed by atoms with Crippen molar-refractivity contribution in [3.63, 3.8) is 0 Å². The highest BCUT2D eigenvalue weighted by molar-refractivity contribution is 7.89. The molecule has 2 aromatic rings. The first kappa shape index (κ1) is 26.3. The number of sulfonamides is 1. The number of aryl methyl sites for hydroxylation is 1. The standard InChI is InChI=1S/C22H32N4O6S/c1-7-13(4)20(27)23-16-10-11-17(18(12-16)33(30,31)25-14(5)8-2)32-21-15(6)19(22(28)29)24-26(21)9-3/h10-14,25H,7-9H2,1-6H3,(H,23,27)(H,28,29)/t13-,14-/m1/s1. The lowest BCUT2D eigenvalue weighted by Crippen LogP contribution is -2.32. The van der Waals surface area contributed by atoms with Crippen LogP contribution in [0.5, 0.6) is 11.6 Å². The highest BCUT2D eigenvalue weighted by Gasteiger charge is 2.26. The molecule has 0 bridgehead atoms. The lowest BCUT2D eigenvalue weighted by Gasteiger charge is -2.18. The molecule has 1 heterocycles. The predicted octanol–water partition coefficient (Wildman–Crippen LogP) is 3.76. The van der Waals surface area contributed by atoms with Crippen LogP contribution in [0.1, 0.15) is 63.5 Å². The number of aromatic carboxylic acids is 1. The molecule has 0 spiro atoms. The van der Waals surface area contributed by atoms with Crippen molar-refractivity contribution in [2.45, 2.75) is 71.9 Å². The van der Waals surface area contributed by atoms with Gasteiger partial charge in [-0.2, -0.15) is 5.10 Å². The monoisotopic (exact) mass is 480 g/mol. The van der Waals surface area contributed by atoms with Gasteiger partial charge < -0.3 is 15.2 Å². The summed E-state index contributed by atoms with van der Waals surface area (Å²) in [5.41, 5.74) is 0.410. The van der Waals surface area contributed by atoms with Crippen LogP contribution < -0.4 is 14.8 Å². The first-order chi connectivity index (χ1) is 15.4. The zero-order valence-electron chi connectivity index (χ0n) is 19.8. The maximum atomic E-state index is 13.2. The molecular weight excluding hydrogens is 448 g/mol. The number of carboxylic acid groups (broad SMARTS) is 1. The highest BCUT2D eigenvalue weighted by atomic mass is 32.2. The number of carboxylic acids is 1. The molecular formula is C22H32N4O6S. The molecule has 1 aromatic carbocycles. The topological polar surface area (TPSA) is 140 Å². The summed E-state index contributed by atoms with van der Waals surface area (Å²) in [6.07, 6.45) is 1.21. The predicted molar refractivity (Wildman–Crippen MR) is 124 cm³/mol. The molecule has 10 nitrogen and oxygen atoms in total. The number of carbonyl (C=O) groups excluding carboxylic acids is 1. The second kappa shape index (κ2) is 10.8. The van der Waals surface area contributed by atoms with Crippen molar-refractivity contribution in [3.05, 3.63) is 29.5 Å². The van der Waals surface area contributed by atoms with Gasteiger partial charge in [0, 0.05) is 29.8 Å². The molecule has 182 valence electrons. The lowest BCUT2D eigenvalue weighted by atomic mass is 10.1. The van der Waals surface area contributed by atoms with E-state index in [2.05, 4.69) is 15.1 Å². The Hall–Kier alpha value is -2.92. The van der Waals surface area contributed by atoms with E-state index in [1.165, 1.54) is 22.9 Å². The van der Waals surface area contributed by atoms with Crippen LogP contribution in [-0.2, 0) is 21.4 Å². The Bertz CT molecular complexity index is 1130. The molecule has 0 aliphatic heterocycles. The normalized spacial score (nSPS) is 13.4. The SMILES string of the molecule is CC[C@@H](C)NS(=O)(=O)c1cc(NC(=O)[C@H](C)CC)ccc1Oc1c(C)c(C(=O)O)nn1CC. The fourth-order valence-corrected chi connectivity index (χ4v) is 4.41. The van der Waals surface area contributed by atoms with Crippen LogP contribution in [0, 0.1) is 12.8 Å². The van der Waals surface area contributed by atoms with Gasteiger partial charge in [0.1, 0.15) is 10.6 Å². The fraction of sp³-hybridized carbons (Fsp3) is 0.500. The summed E-state index contributed by atoms with van der Waals surface area (Å²) >= 11 is 0. The smallest absolute Gasteiger partial charge is 0.356 e. The number of hydrogen-bond donors (Lipinski definition) is 3. The Kier molecular flexibility index (Phi) is 8.62. The highest BCUT2D eigenvalue weighted by Crippen LogP contribution is 2.34. The van der Waals surface area contributed by atoms with Crippen LogP contribution in [-0.4, -0.2) is 41.2 Å². The Morgan fingerprint density at radius 2 is 1.85 bits per heavy atom. The van der Waals surface area contributed by atoms with E-state index in [4.69, 9.17) is 4.74 Å². The van der Waals surface area contributed by atoms with Crippen molar-refractivity contribution in [1.29, 1.82) is 0 Å². The first-order valence-corrected chi connectivity index (χ1v) is 12.4. The van der Waals surface area contributed by atoms with Crippen molar-refractivity contribution < 1.29 is 27.9 Å². The van der Waals surface area contributed by atoms with Crippen molar-refractivity contribution in [3.8, 4) is 11.6 Å². The van der Waals surface area contributed by atoms with E-state index in [9.17, 15) is 23.1 Å². The molecule has 0 saturated carbocycles. The van der Waals surface area contributed by atoms with E-state index in [0.717, 1.165) is 0 Å².